The number of rotatable bonds is 7. The molecule has 1 aromatic heterocycles. The summed E-state index contributed by atoms with van der Waals surface area (Å²) in [5.74, 6) is 1.85. The van der Waals surface area contributed by atoms with Gasteiger partial charge in [0, 0.05) is 18.2 Å². The summed E-state index contributed by atoms with van der Waals surface area (Å²) in [7, 11) is 0. The van der Waals surface area contributed by atoms with Crippen LogP contribution >= 0.6 is 23.3 Å². The van der Waals surface area contributed by atoms with E-state index in [4.69, 9.17) is 5.26 Å². The molecule has 1 aliphatic rings. The second-order valence-electron chi connectivity index (χ2n) is 4.09. The molecular weight excluding hydrogens is 252 g/mol. The topological polar surface area (TPSA) is 61.6 Å². The van der Waals surface area contributed by atoms with Crippen molar-refractivity contribution in [1.82, 2.24) is 14.7 Å². The van der Waals surface area contributed by atoms with Crippen LogP contribution in [0, 0.1) is 11.3 Å². The molecule has 0 radical (unpaired) electrons. The lowest BCUT2D eigenvalue weighted by atomic mass is 10.2. The summed E-state index contributed by atoms with van der Waals surface area (Å²) in [5, 5.41) is 12.3. The summed E-state index contributed by atoms with van der Waals surface area (Å²) in [4.78, 5) is 4.39. The first-order chi connectivity index (χ1) is 8.31. The molecule has 0 bridgehead atoms. The Labute approximate surface area is 110 Å². The van der Waals surface area contributed by atoms with Crippen LogP contribution in [0.25, 0.3) is 0 Å². The first-order valence-electron chi connectivity index (χ1n) is 5.93. The molecule has 1 heterocycles. The lowest BCUT2D eigenvalue weighted by molar-refractivity contribution is 0.587. The largest absolute Gasteiger partial charge is 0.299 e. The van der Waals surface area contributed by atoms with E-state index in [2.05, 4.69) is 27.7 Å². The highest BCUT2D eigenvalue weighted by atomic mass is 32.2. The van der Waals surface area contributed by atoms with Gasteiger partial charge in [-0.05, 0) is 30.8 Å². The third-order valence-electron chi connectivity index (χ3n) is 2.57. The Morgan fingerprint density at radius 1 is 1.65 bits per heavy atom. The van der Waals surface area contributed by atoms with Gasteiger partial charge < -0.3 is 0 Å². The Morgan fingerprint density at radius 2 is 2.47 bits per heavy atom. The normalized spacial score (nSPS) is 16.7. The van der Waals surface area contributed by atoms with Gasteiger partial charge in [-0.3, -0.25) is 5.32 Å². The summed E-state index contributed by atoms with van der Waals surface area (Å²) in [6.45, 7) is 2.06. The Bertz CT molecular complexity index is 394. The molecule has 1 saturated carbocycles. The molecule has 1 atom stereocenters. The molecule has 1 fully saturated rings. The molecule has 2 rings (SSSR count). The highest BCUT2D eigenvalue weighted by Gasteiger charge is 2.24. The van der Waals surface area contributed by atoms with Crippen molar-refractivity contribution >= 4 is 23.3 Å². The number of aryl methyl sites for hydroxylation is 1. The zero-order valence-electron chi connectivity index (χ0n) is 9.85. The van der Waals surface area contributed by atoms with Gasteiger partial charge in [-0.25, -0.2) is 4.98 Å². The zero-order valence-corrected chi connectivity index (χ0v) is 11.5. The minimum Gasteiger partial charge on any atom is -0.299 e. The monoisotopic (exact) mass is 268 g/mol. The molecule has 17 heavy (non-hydrogen) atoms. The number of hydrogen-bond acceptors (Lipinski definition) is 6. The fraction of sp³-hybridized carbons (Fsp3) is 0.727. The van der Waals surface area contributed by atoms with Gasteiger partial charge in [-0.15, -0.1) is 0 Å². The van der Waals surface area contributed by atoms with E-state index < -0.39 is 0 Å². The van der Waals surface area contributed by atoms with Crippen LogP contribution in [-0.4, -0.2) is 27.2 Å². The van der Waals surface area contributed by atoms with Gasteiger partial charge in [-0.1, -0.05) is 18.7 Å². The van der Waals surface area contributed by atoms with Crippen LogP contribution < -0.4 is 5.32 Å². The van der Waals surface area contributed by atoms with Crippen molar-refractivity contribution in [1.29, 1.82) is 5.26 Å². The van der Waals surface area contributed by atoms with Gasteiger partial charge in [0.15, 0.2) is 4.34 Å². The minimum absolute atomic E-state index is 0.00596. The number of aromatic nitrogens is 2. The standard InChI is InChI=1S/C11H16N4S2/c1-2-10-14-11(17-15-10)16-6-5-9(7-12)13-8-3-4-8/h8-9,13H,2-6H2,1H3. The van der Waals surface area contributed by atoms with Crippen LogP contribution in [0.15, 0.2) is 4.34 Å². The molecule has 0 saturated heterocycles. The van der Waals surface area contributed by atoms with Crippen molar-refractivity contribution in [3.05, 3.63) is 5.82 Å². The summed E-state index contributed by atoms with van der Waals surface area (Å²) in [5.41, 5.74) is 0. The zero-order chi connectivity index (χ0) is 12.1. The SMILES string of the molecule is CCc1nsc(SCCC(C#N)NC2CC2)n1. The molecule has 6 heteroatoms. The Kier molecular flexibility index (Phi) is 4.77. The van der Waals surface area contributed by atoms with E-state index in [1.807, 2.05) is 0 Å². The predicted octanol–water partition coefficient (Wildman–Crippen LogP) is 2.23. The summed E-state index contributed by atoms with van der Waals surface area (Å²) in [6, 6.07) is 2.91. The maximum absolute atomic E-state index is 8.99. The average molecular weight is 268 g/mol. The lowest BCUT2D eigenvalue weighted by Crippen LogP contribution is -2.29. The predicted molar refractivity (Wildman–Crippen MR) is 70.2 cm³/mol. The number of hydrogen-bond donors (Lipinski definition) is 1. The van der Waals surface area contributed by atoms with Crippen LogP contribution in [0.1, 0.15) is 32.0 Å². The molecule has 4 nitrogen and oxygen atoms in total. The van der Waals surface area contributed by atoms with Crippen LogP contribution in [0.2, 0.25) is 0 Å². The Hall–Kier alpha value is -0.640. The molecule has 1 aromatic rings. The van der Waals surface area contributed by atoms with Crippen LogP contribution in [0.3, 0.4) is 0 Å². The number of thioether (sulfide) groups is 1. The van der Waals surface area contributed by atoms with E-state index in [1.165, 1.54) is 24.4 Å². The van der Waals surface area contributed by atoms with Crippen molar-refractivity contribution < 1.29 is 0 Å². The lowest BCUT2D eigenvalue weighted by Gasteiger charge is -2.08. The quantitative estimate of drug-likeness (QED) is 0.768. The Morgan fingerprint density at radius 3 is 3.06 bits per heavy atom. The summed E-state index contributed by atoms with van der Waals surface area (Å²) in [6.07, 6.45) is 4.21. The number of nitrogens with zero attached hydrogens (tertiary/aromatic N) is 3. The number of nitriles is 1. The first-order valence-corrected chi connectivity index (χ1v) is 7.68. The molecule has 1 aliphatic carbocycles. The van der Waals surface area contributed by atoms with Crippen LogP contribution in [0.4, 0.5) is 0 Å². The second-order valence-corrected chi connectivity index (χ2v) is 6.18. The number of nitrogens with one attached hydrogen (secondary N) is 1. The summed E-state index contributed by atoms with van der Waals surface area (Å²) < 4.78 is 5.26. The van der Waals surface area contributed by atoms with Crippen LogP contribution in [0.5, 0.6) is 0 Å². The Balaban J connectivity index is 1.68. The van der Waals surface area contributed by atoms with Crippen molar-refractivity contribution in [3.8, 4) is 6.07 Å². The van der Waals surface area contributed by atoms with E-state index in [0.29, 0.717) is 6.04 Å². The molecule has 92 valence electrons. The van der Waals surface area contributed by atoms with Gasteiger partial charge in [0.25, 0.3) is 0 Å². The van der Waals surface area contributed by atoms with E-state index in [-0.39, 0.29) is 6.04 Å². The smallest absolute Gasteiger partial charge is 0.170 e. The highest BCUT2D eigenvalue weighted by Crippen LogP contribution is 2.23. The van der Waals surface area contributed by atoms with Gasteiger partial charge in [-0.2, -0.15) is 9.64 Å². The van der Waals surface area contributed by atoms with Crippen molar-refractivity contribution in [2.45, 2.75) is 49.0 Å². The second kappa shape index (κ2) is 6.34. The van der Waals surface area contributed by atoms with Gasteiger partial charge >= 0.3 is 0 Å². The molecule has 1 unspecified atom stereocenters. The van der Waals surface area contributed by atoms with E-state index in [1.54, 1.807) is 11.8 Å². The van der Waals surface area contributed by atoms with Crippen molar-refractivity contribution in [3.63, 3.8) is 0 Å². The van der Waals surface area contributed by atoms with E-state index >= 15 is 0 Å². The van der Waals surface area contributed by atoms with Gasteiger partial charge in [0.1, 0.15) is 5.82 Å². The minimum atomic E-state index is -0.00596. The molecule has 0 aliphatic heterocycles. The summed E-state index contributed by atoms with van der Waals surface area (Å²) >= 11 is 3.16. The maximum atomic E-state index is 8.99. The van der Waals surface area contributed by atoms with Crippen molar-refractivity contribution in [2.24, 2.45) is 0 Å². The van der Waals surface area contributed by atoms with Crippen molar-refractivity contribution in [2.75, 3.05) is 5.75 Å². The third kappa shape index (κ3) is 4.26. The molecule has 0 spiro atoms. The molecular formula is C11H16N4S2. The fourth-order valence-corrected chi connectivity index (χ4v) is 3.19. The molecule has 1 N–H and O–H groups in total. The third-order valence-corrected chi connectivity index (χ3v) is 4.47. The van der Waals surface area contributed by atoms with E-state index in [9.17, 15) is 0 Å². The first kappa shape index (κ1) is 12.8. The highest BCUT2D eigenvalue weighted by molar-refractivity contribution is 8.00. The van der Waals surface area contributed by atoms with Gasteiger partial charge in [0.2, 0.25) is 0 Å². The van der Waals surface area contributed by atoms with E-state index in [0.717, 1.165) is 28.8 Å². The maximum Gasteiger partial charge on any atom is 0.170 e. The average Bonchev–Trinajstić information content (AvgIpc) is 3.04. The molecule has 0 aromatic carbocycles. The van der Waals surface area contributed by atoms with Gasteiger partial charge in [0.05, 0.1) is 12.1 Å². The molecule has 0 amide bonds. The fourth-order valence-electron chi connectivity index (χ4n) is 1.42. The van der Waals surface area contributed by atoms with Crippen LogP contribution in [-0.2, 0) is 6.42 Å².